The molecule has 1 aromatic carbocycles. The minimum atomic E-state index is -3.54. The second-order valence-electron chi connectivity index (χ2n) is 6.30. The molecular formula is C16H21N3O4S. The van der Waals surface area contributed by atoms with Crippen LogP contribution in [0.2, 0.25) is 0 Å². The quantitative estimate of drug-likeness (QED) is 0.826. The van der Waals surface area contributed by atoms with Crippen LogP contribution in [0.15, 0.2) is 29.4 Å². The number of ether oxygens (including phenoxy) is 1. The lowest BCUT2D eigenvalue weighted by Gasteiger charge is -2.35. The Bertz CT molecular complexity index is 865. The Morgan fingerprint density at radius 1 is 1.25 bits per heavy atom. The van der Waals surface area contributed by atoms with Gasteiger partial charge in [0.15, 0.2) is 0 Å². The number of carbonyl (C=O) groups is 1. The number of amides is 1. The van der Waals surface area contributed by atoms with Gasteiger partial charge in [0.1, 0.15) is 6.54 Å². The number of aromatic nitrogens is 2. The highest BCUT2D eigenvalue weighted by molar-refractivity contribution is 7.90. The molecule has 0 N–H and O–H groups in total. The summed E-state index contributed by atoms with van der Waals surface area (Å²) in [6.07, 6.45) is 1.03. The summed E-state index contributed by atoms with van der Waals surface area (Å²) >= 11 is 0. The molecule has 8 heteroatoms. The fourth-order valence-electron chi connectivity index (χ4n) is 3.11. The number of morpholine rings is 1. The van der Waals surface area contributed by atoms with Gasteiger partial charge < -0.3 is 14.2 Å². The Balaban J connectivity index is 1.96. The van der Waals surface area contributed by atoms with Crippen molar-refractivity contribution in [3.63, 3.8) is 0 Å². The molecule has 2 heterocycles. The molecular weight excluding hydrogens is 330 g/mol. The normalized spacial score (nSPS) is 22.0. The Hall–Kier alpha value is -1.93. The van der Waals surface area contributed by atoms with Crippen LogP contribution in [0.3, 0.4) is 0 Å². The van der Waals surface area contributed by atoms with Gasteiger partial charge in [-0.3, -0.25) is 4.79 Å². The van der Waals surface area contributed by atoms with Gasteiger partial charge in [0.05, 0.1) is 23.2 Å². The Morgan fingerprint density at radius 2 is 1.88 bits per heavy atom. The number of fused-ring (bicyclic) bond motifs is 1. The van der Waals surface area contributed by atoms with Crippen molar-refractivity contribution in [1.82, 2.24) is 14.5 Å². The monoisotopic (exact) mass is 351 g/mol. The van der Waals surface area contributed by atoms with E-state index in [9.17, 15) is 13.2 Å². The highest BCUT2D eigenvalue weighted by atomic mass is 32.2. The number of hydrogen-bond acceptors (Lipinski definition) is 5. The molecule has 1 aliphatic rings. The van der Waals surface area contributed by atoms with E-state index in [4.69, 9.17) is 4.74 Å². The van der Waals surface area contributed by atoms with Gasteiger partial charge in [0.2, 0.25) is 20.9 Å². The van der Waals surface area contributed by atoms with Crippen molar-refractivity contribution in [2.45, 2.75) is 37.8 Å². The van der Waals surface area contributed by atoms with Crippen LogP contribution in [0, 0.1) is 0 Å². The van der Waals surface area contributed by atoms with Crippen LogP contribution < -0.4 is 0 Å². The van der Waals surface area contributed by atoms with Crippen molar-refractivity contribution < 1.29 is 17.9 Å². The molecule has 0 bridgehead atoms. The summed E-state index contributed by atoms with van der Waals surface area (Å²) in [6, 6.07) is 7.10. The highest BCUT2D eigenvalue weighted by Crippen LogP contribution is 2.20. The predicted octanol–water partition coefficient (Wildman–Crippen LogP) is 1.08. The van der Waals surface area contributed by atoms with E-state index in [1.807, 2.05) is 13.8 Å². The number of nitrogens with zero attached hydrogens (tertiary/aromatic N) is 3. The molecule has 2 atom stereocenters. The molecule has 1 saturated heterocycles. The minimum Gasteiger partial charge on any atom is -0.372 e. The molecule has 1 aromatic heterocycles. The lowest BCUT2D eigenvalue weighted by molar-refractivity contribution is -0.143. The number of sulfone groups is 1. The van der Waals surface area contributed by atoms with Crippen LogP contribution in [-0.4, -0.2) is 60.3 Å². The van der Waals surface area contributed by atoms with Crippen LogP contribution in [-0.2, 0) is 25.9 Å². The maximum atomic E-state index is 12.7. The largest absolute Gasteiger partial charge is 0.372 e. The number of carbonyl (C=O) groups excluding carboxylic acids is 1. The standard InChI is InChI=1S/C16H21N3O4S/c1-11-8-18(9-12(2)23-11)15(20)10-19-14-7-5-4-6-13(14)17-16(19)24(3,21)22/h4-7,11-12H,8-10H2,1-3H3/t11-,12-/m0/s1. The third-order valence-electron chi connectivity index (χ3n) is 4.02. The molecule has 130 valence electrons. The molecule has 3 rings (SSSR count). The molecule has 1 aliphatic heterocycles. The first-order valence-corrected chi connectivity index (χ1v) is 9.73. The zero-order valence-electron chi connectivity index (χ0n) is 14.0. The van der Waals surface area contributed by atoms with Crippen LogP contribution in [0.1, 0.15) is 13.8 Å². The third kappa shape index (κ3) is 3.29. The summed E-state index contributed by atoms with van der Waals surface area (Å²) < 4.78 is 31.2. The first-order valence-electron chi connectivity index (χ1n) is 7.84. The average Bonchev–Trinajstić information content (AvgIpc) is 2.85. The molecule has 0 spiro atoms. The molecule has 0 radical (unpaired) electrons. The summed E-state index contributed by atoms with van der Waals surface area (Å²) in [5, 5.41) is -0.0774. The van der Waals surface area contributed by atoms with E-state index in [0.717, 1.165) is 6.26 Å². The zero-order chi connectivity index (χ0) is 17.5. The van der Waals surface area contributed by atoms with Gasteiger partial charge in [-0.05, 0) is 26.0 Å². The van der Waals surface area contributed by atoms with Crippen molar-refractivity contribution in [2.24, 2.45) is 0 Å². The van der Waals surface area contributed by atoms with E-state index in [-0.39, 0.29) is 29.8 Å². The van der Waals surface area contributed by atoms with Gasteiger partial charge in [-0.25, -0.2) is 13.4 Å². The maximum Gasteiger partial charge on any atom is 0.242 e. The summed E-state index contributed by atoms with van der Waals surface area (Å²) in [5.74, 6) is -0.134. The number of rotatable bonds is 3. The van der Waals surface area contributed by atoms with Gasteiger partial charge in [-0.15, -0.1) is 0 Å². The number of para-hydroxylation sites is 2. The van der Waals surface area contributed by atoms with E-state index in [0.29, 0.717) is 24.1 Å². The van der Waals surface area contributed by atoms with Gasteiger partial charge in [0.25, 0.3) is 0 Å². The lowest BCUT2D eigenvalue weighted by atomic mass is 10.2. The predicted molar refractivity (Wildman–Crippen MR) is 89.4 cm³/mol. The van der Waals surface area contributed by atoms with Gasteiger partial charge in [-0.1, -0.05) is 12.1 Å². The molecule has 2 aromatic rings. The summed E-state index contributed by atoms with van der Waals surface area (Å²) in [5.41, 5.74) is 1.20. The fourth-order valence-corrected chi connectivity index (χ4v) is 3.93. The Morgan fingerprint density at radius 3 is 2.50 bits per heavy atom. The Labute approximate surface area is 141 Å². The van der Waals surface area contributed by atoms with Crippen molar-refractivity contribution in [3.05, 3.63) is 24.3 Å². The van der Waals surface area contributed by atoms with Gasteiger partial charge >= 0.3 is 0 Å². The van der Waals surface area contributed by atoms with E-state index < -0.39 is 9.84 Å². The van der Waals surface area contributed by atoms with Gasteiger partial charge in [0, 0.05) is 19.3 Å². The SMILES string of the molecule is C[C@H]1CN(C(=O)Cn2c(S(C)(=O)=O)nc3ccccc32)C[C@H](C)O1. The topological polar surface area (TPSA) is 81.5 Å². The summed E-state index contributed by atoms with van der Waals surface area (Å²) in [7, 11) is -3.54. The number of hydrogen-bond donors (Lipinski definition) is 0. The second kappa shape index (κ2) is 6.18. The van der Waals surface area contributed by atoms with Crippen molar-refractivity contribution in [2.75, 3.05) is 19.3 Å². The number of imidazole rings is 1. The molecule has 0 unspecified atom stereocenters. The van der Waals surface area contributed by atoms with E-state index in [2.05, 4.69) is 4.98 Å². The first kappa shape index (κ1) is 16.9. The van der Waals surface area contributed by atoms with Crippen molar-refractivity contribution >= 4 is 26.8 Å². The molecule has 0 aliphatic carbocycles. The van der Waals surface area contributed by atoms with Crippen LogP contribution in [0.4, 0.5) is 0 Å². The van der Waals surface area contributed by atoms with E-state index >= 15 is 0 Å². The molecule has 1 fully saturated rings. The van der Waals surface area contributed by atoms with Gasteiger partial charge in [-0.2, -0.15) is 0 Å². The van der Waals surface area contributed by atoms with Crippen molar-refractivity contribution in [1.29, 1.82) is 0 Å². The lowest BCUT2D eigenvalue weighted by Crippen LogP contribution is -2.49. The summed E-state index contributed by atoms with van der Waals surface area (Å²) in [4.78, 5) is 18.6. The third-order valence-corrected chi connectivity index (χ3v) is 4.99. The average molecular weight is 351 g/mol. The highest BCUT2D eigenvalue weighted by Gasteiger charge is 2.28. The van der Waals surface area contributed by atoms with Crippen LogP contribution in [0.25, 0.3) is 11.0 Å². The van der Waals surface area contributed by atoms with Crippen LogP contribution >= 0.6 is 0 Å². The van der Waals surface area contributed by atoms with Crippen molar-refractivity contribution in [3.8, 4) is 0 Å². The van der Waals surface area contributed by atoms with Crippen LogP contribution in [0.5, 0.6) is 0 Å². The fraction of sp³-hybridized carbons (Fsp3) is 0.500. The molecule has 7 nitrogen and oxygen atoms in total. The molecule has 1 amide bonds. The number of benzene rings is 1. The minimum absolute atomic E-state index is 0.0355. The Kier molecular flexibility index (Phi) is 4.35. The maximum absolute atomic E-state index is 12.7. The zero-order valence-corrected chi connectivity index (χ0v) is 14.8. The van der Waals surface area contributed by atoms with E-state index in [1.54, 1.807) is 29.2 Å². The molecule has 24 heavy (non-hydrogen) atoms. The smallest absolute Gasteiger partial charge is 0.242 e. The first-order chi connectivity index (χ1) is 11.3. The second-order valence-corrected chi connectivity index (χ2v) is 8.21. The summed E-state index contributed by atoms with van der Waals surface area (Å²) in [6.45, 7) is 4.80. The van der Waals surface area contributed by atoms with E-state index in [1.165, 1.54) is 4.57 Å². The molecule has 0 saturated carbocycles.